The lowest BCUT2D eigenvalue weighted by atomic mass is 10.2. The third-order valence-electron chi connectivity index (χ3n) is 3.19. The fourth-order valence-corrected chi connectivity index (χ4v) is 2.73. The van der Waals surface area contributed by atoms with Crippen LogP contribution in [0.5, 0.6) is 0 Å². The van der Waals surface area contributed by atoms with E-state index in [1.165, 1.54) is 4.57 Å². The zero-order chi connectivity index (χ0) is 15.9. The van der Waals surface area contributed by atoms with Crippen molar-refractivity contribution in [2.24, 2.45) is 0 Å². The summed E-state index contributed by atoms with van der Waals surface area (Å²) in [7, 11) is 0. The van der Waals surface area contributed by atoms with Gasteiger partial charge < -0.3 is 11.5 Å². The Morgan fingerprint density at radius 2 is 2.09 bits per heavy atom. The molecular formula is C11H13N7O3S. The molecule has 6 N–H and O–H groups in total. The Bertz CT molecular complexity index is 848. The van der Waals surface area contributed by atoms with E-state index in [1.54, 1.807) is 0 Å². The van der Waals surface area contributed by atoms with Crippen LogP contribution in [0.1, 0.15) is 29.2 Å². The van der Waals surface area contributed by atoms with Crippen LogP contribution >= 0.6 is 11.8 Å². The molecule has 0 bridgehead atoms. The van der Waals surface area contributed by atoms with Gasteiger partial charge >= 0.3 is 5.69 Å². The Morgan fingerprint density at radius 1 is 1.36 bits per heavy atom. The molecule has 0 atom stereocenters. The second-order valence-corrected chi connectivity index (χ2v) is 5.78. The van der Waals surface area contributed by atoms with Crippen molar-refractivity contribution in [3.63, 3.8) is 0 Å². The van der Waals surface area contributed by atoms with Crippen molar-refractivity contribution in [3.05, 3.63) is 26.4 Å². The summed E-state index contributed by atoms with van der Waals surface area (Å²) in [4.78, 5) is 41.9. The van der Waals surface area contributed by atoms with E-state index >= 15 is 0 Å². The lowest BCUT2D eigenvalue weighted by Gasteiger charge is -2.10. The van der Waals surface area contributed by atoms with Gasteiger partial charge in [0.2, 0.25) is 11.1 Å². The van der Waals surface area contributed by atoms with Crippen LogP contribution in [-0.2, 0) is 0 Å². The van der Waals surface area contributed by atoms with Gasteiger partial charge in [-0.25, -0.2) is 9.89 Å². The van der Waals surface area contributed by atoms with Gasteiger partial charge in [-0.05, 0) is 12.8 Å². The minimum Gasteiger partial charge on any atom is -0.384 e. The molecule has 0 aliphatic heterocycles. The Balaban J connectivity index is 1.87. The van der Waals surface area contributed by atoms with Gasteiger partial charge in [-0.3, -0.25) is 19.1 Å². The predicted molar refractivity (Wildman–Crippen MR) is 79.9 cm³/mol. The number of ketones is 1. The minimum absolute atomic E-state index is 0.0450. The molecule has 0 spiro atoms. The van der Waals surface area contributed by atoms with E-state index in [9.17, 15) is 14.4 Å². The smallest absolute Gasteiger partial charge is 0.330 e. The summed E-state index contributed by atoms with van der Waals surface area (Å²) in [5.41, 5.74) is 9.66. The van der Waals surface area contributed by atoms with Crippen LogP contribution in [0.4, 0.5) is 11.8 Å². The summed E-state index contributed by atoms with van der Waals surface area (Å²) in [6, 6.07) is -0.0450. The number of aromatic nitrogens is 5. The van der Waals surface area contributed by atoms with Gasteiger partial charge in [-0.15, -0.1) is 5.10 Å². The maximum atomic E-state index is 12.2. The molecule has 2 aromatic heterocycles. The minimum atomic E-state index is -0.778. The molecule has 10 nitrogen and oxygen atoms in total. The molecule has 0 aromatic carbocycles. The molecule has 1 fully saturated rings. The highest BCUT2D eigenvalue weighted by atomic mass is 32.2. The molecule has 0 radical (unpaired) electrons. The summed E-state index contributed by atoms with van der Waals surface area (Å²) >= 11 is 1.02. The van der Waals surface area contributed by atoms with Crippen molar-refractivity contribution in [2.75, 3.05) is 17.2 Å². The number of hydrogen-bond acceptors (Lipinski definition) is 8. The summed E-state index contributed by atoms with van der Waals surface area (Å²) in [6.07, 6.45) is 1.60. The first-order valence-electron chi connectivity index (χ1n) is 6.45. The van der Waals surface area contributed by atoms with Crippen LogP contribution in [0.3, 0.4) is 0 Å². The first-order chi connectivity index (χ1) is 10.5. The van der Waals surface area contributed by atoms with E-state index in [-0.39, 0.29) is 34.3 Å². The van der Waals surface area contributed by atoms with Crippen molar-refractivity contribution in [1.29, 1.82) is 0 Å². The van der Waals surface area contributed by atoms with Gasteiger partial charge in [0.25, 0.3) is 5.56 Å². The number of nitrogens with zero attached hydrogens (tertiary/aromatic N) is 3. The lowest BCUT2D eigenvalue weighted by Crippen LogP contribution is -2.36. The molecule has 22 heavy (non-hydrogen) atoms. The van der Waals surface area contributed by atoms with E-state index in [1.807, 2.05) is 0 Å². The first kappa shape index (κ1) is 14.4. The van der Waals surface area contributed by atoms with Crippen LogP contribution in [-0.4, -0.2) is 36.3 Å². The van der Waals surface area contributed by atoms with Crippen molar-refractivity contribution in [3.8, 4) is 0 Å². The summed E-state index contributed by atoms with van der Waals surface area (Å²) in [5, 5.41) is 6.50. The number of rotatable bonds is 5. The van der Waals surface area contributed by atoms with Gasteiger partial charge in [-0.2, -0.15) is 4.98 Å². The van der Waals surface area contributed by atoms with E-state index in [4.69, 9.17) is 11.5 Å². The normalized spacial score (nSPS) is 14.2. The zero-order valence-corrected chi connectivity index (χ0v) is 12.1. The zero-order valence-electron chi connectivity index (χ0n) is 11.3. The van der Waals surface area contributed by atoms with Gasteiger partial charge in [0.15, 0.2) is 5.78 Å². The van der Waals surface area contributed by atoms with Gasteiger partial charge in [0, 0.05) is 6.04 Å². The molecule has 3 rings (SSSR count). The number of anilines is 2. The molecule has 2 heterocycles. The number of aromatic amines is 2. The quantitative estimate of drug-likeness (QED) is 0.407. The van der Waals surface area contributed by atoms with Crippen LogP contribution in [0.2, 0.25) is 0 Å². The fraction of sp³-hybridized carbons (Fsp3) is 0.364. The number of nitrogens with one attached hydrogen (secondary N) is 2. The molecule has 11 heteroatoms. The number of carbonyl (C=O) groups excluding carboxylic acids is 1. The second kappa shape index (κ2) is 5.33. The number of Topliss-reactive ketones (excluding diaryl/α,β-unsaturated/α-hetero) is 1. The van der Waals surface area contributed by atoms with Gasteiger partial charge in [0.05, 0.1) is 5.75 Å². The van der Waals surface area contributed by atoms with Crippen molar-refractivity contribution >= 4 is 29.3 Å². The number of thioether (sulfide) groups is 1. The number of hydrogen-bond donors (Lipinski definition) is 4. The average molecular weight is 323 g/mol. The second-order valence-electron chi connectivity index (χ2n) is 4.84. The van der Waals surface area contributed by atoms with E-state index in [2.05, 4.69) is 20.2 Å². The number of carbonyl (C=O) groups is 1. The molecular weight excluding hydrogens is 310 g/mol. The SMILES string of the molecule is Nc1nc(SCC(=O)c2c(N)n(C3CC3)c(=O)[nH]c2=O)n[nH]1. The lowest BCUT2D eigenvalue weighted by molar-refractivity contribution is 0.102. The van der Waals surface area contributed by atoms with E-state index in [0.29, 0.717) is 0 Å². The molecule has 0 amide bonds. The molecule has 0 unspecified atom stereocenters. The maximum Gasteiger partial charge on any atom is 0.330 e. The Labute approximate surface area is 127 Å². The monoisotopic (exact) mass is 323 g/mol. The van der Waals surface area contributed by atoms with Gasteiger partial charge in [0.1, 0.15) is 11.4 Å². The molecule has 116 valence electrons. The molecule has 1 aliphatic rings. The first-order valence-corrected chi connectivity index (χ1v) is 7.44. The van der Waals surface area contributed by atoms with Crippen LogP contribution in [0.25, 0.3) is 0 Å². The summed E-state index contributed by atoms with van der Waals surface area (Å²) in [6.45, 7) is 0. The van der Waals surface area contributed by atoms with Crippen molar-refractivity contribution < 1.29 is 4.79 Å². The Kier molecular flexibility index (Phi) is 3.48. The predicted octanol–water partition coefficient (Wildman–Crippen LogP) is -0.871. The largest absolute Gasteiger partial charge is 0.384 e. The topological polar surface area (TPSA) is 166 Å². The van der Waals surface area contributed by atoms with Crippen LogP contribution < -0.4 is 22.7 Å². The van der Waals surface area contributed by atoms with Crippen molar-refractivity contribution in [1.82, 2.24) is 24.7 Å². The van der Waals surface area contributed by atoms with Crippen LogP contribution in [0, 0.1) is 0 Å². The average Bonchev–Trinajstić information content (AvgIpc) is 3.17. The van der Waals surface area contributed by atoms with E-state index < -0.39 is 17.0 Å². The van der Waals surface area contributed by atoms with E-state index in [0.717, 1.165) is 24.6 Å². The highest BCUT2D eigenvalue weighted by Gasteiger charge is 2.30. The third-order valence-corrected chi connectivity index (χ3v) is 4.03. The van der Waals surface area contributed by atoms with Crippen LogP contribution in [0.15, 0.2) is 14.7 Å². The number of H-pyrrole nitrogens is 2. The molecule has 2 aromatic rings. The third kappa shape index (κ3) is 2.62. The summed E-state index contributed by atoms with van der Waals surface area (Å²) in [5.74, 6) is -0.541. The fourth-order valence-electron chi connectivity index (χ4n) is 2.06. The highest BCUT2D eigenvalue weighted by Crippen LogP contribution is 2.35. The highest BCUT2D eigenvalue weighted by molar-refractivity contribution is 7.99. The van der Waals surface area contributed by atoms with Crippen molar-refractivity contribution in [2.45, 2.75) is 24.0 Å². The summed E-state index contributed by atoms with van der Waals surface area (Å²) < 4.78 is 1.27. The van der Waals surface area contributed by atoms with Gasteiger partial charge in [-0.1, -0.05) is 11.8 Å². The number of nitrogens with two attached hydrogens (primary N) is 2. The standard InChI is InChI=1S/C11H13N7O3S/c12-7-6(5(19)3-22-10-15-9(13)16-17-10)8(20)14-11(21)18(7)4-1-2-4/h4H,1-3,12H2,(H,14,20,21)(H3,13,15,16,17). The Hall–Kier alpha value is -2.56. The Morgan fingerprint density at radius 3 is 2.68 bits per heavy atom. The molecule has 1 saturated carbocycles. The molecule has 0 saturated heterocycles. The maximum absolute atomic E-state index is 12.2. The number of nitrogen functional groups attached to an aromatic ring is 2. The molecule has 1 aliphatic carbocycles.